The quantitative estimate of drug-likeness (QED) is 0.627. The summed E-state index contributed by atoms with van der Waals surface area (Å²) >= 11 is 0. The molecular weight excluding hydrogens is 380 g/mol. The van der Waals surface area contributed by atoms with Gasteiger partial charge in [-0.3, -0.25) is 4.79 Å². The Morgan fingerprint density at radius 2 is 1.93 bits per heavy atom. The normalized spacial score (nSPS) is 12.8. The van der Waals surface area contributed by atoms with Crippen LogP contribution in [0.2, 0.25) is 0 Å². The predicted octanol–water partition coefficient (Wildman–Crippen LogP) is 3.07. The second-order valence-corrected chi connectivity index (χ2v) is 8.28. The number of fused-ring (bicyclic) bond motifs is 1. The summed E-state index contributed by atoms with van der Waals surface area (Å²) in [5, 5.41) is 2.76. The molecule has 2 N–H and O–H groups in total. The molecule has 0 saturated heterocycles. The average molecular weight is 404 g/mol. The Labute approximate surface area is 165 Å². The van der Waals surface area contributed by atoms with Crippen molar-refractivity contribution in [1.82, 2.24) is 4.72 Å². The summed E-state index contributed by atoms with van der Waals surface area (Å²) in [7, 11) is -3.58. The number of carbonyl (C=O) groups excluding carboxylic acids is 1. The largest absolute Gasteiger partial charge is 0.454 e. The molecule has 0 aliphatic carbocycles. The van der Waals surface area contributed by atoms with Crippen LogP contribution in [0.5, 0.6) is 11.5 Å². The summed E-state index contributed by atoms with van der Waals surface area (Å²) in [5.74, 6) is 1.20. The molecule has 2 aromatic rings. The van der Waals surface area contributed by atoms with Gasteiger partial charge in [-0.25, -0.2) is 13.1 Å². The highest BCUT2D eigenvalue weighted by Crippen LogP contribution is 2.32. The number of aryl methyl sites for hydroxylation is 1. The summed E-state index contributed by atoms with van der Waals surface area (Å²) in [4.78, 5) is 12.4. The molecular formula is C20H24N2O5S. The molecule has 0 aromatic heterocycles. The third-order valence-electron chi connectivity index (χ3n) is 4.33. The standard InChI is InChI=1S/C20H24N2O5S/c1-2-3-11-21-28(24,25)17-6-4-5-16(13-17)22-20(23)10-8-15-7-9-18-19(12-15)27-14-26-18/h4-7,9,12-13,21H,2-3,8,10-11,14H2,1H3,(H,22,23). The van der Waals surface area contributed by atoms with Crippen molar-refractivity contribution < 1.29 is 22.7 Å². The van der Waals surface area contributed by atoms with Crippen LogP contribution in [-0.4, -0.2) is 27.7 Å². The molecule has 150 valence electrons. The number of nitrogens with one attached hydrogen (secondary N) is 2. The van der Waals surface area contributed by atoms with Gasteiger partial charge in [0.05, 0.1) is 4.90 Å². The lowest BCUT2D eigenvalue weighted by Crippen LogP contribution is -2.24. The molecule has 28 heavy (non-hydrogen) atoms. The fourth-order valence-corrected chi connectivity index (χ4v) is 3.91. The van der Waals surface area contributed by atoms with E-state index in [1.807, 2.05) is 25.1 Å². The van der Waals surface area contributed by atoms with E-state index in [0.717, 1.165) is 18.4 Å². The van der Waals surface area contributed by atoms with Crippen molar-refractivity contribution in [3.05, 3.63) is 48.0 Å². The van der Waals surface area contributed by atoms with Crippen LogP contribution in [0, 0.1) is 0 Å². The third kappa shape index (κ3) is 5.24. The molecule has 1 aliphatic heterocycles. The van der Waals surface area contributed by atoms with E-state index < -0.39 is 10.0 Å². The number of ether oxygens (including phenoxy) is 2. The van der Waals surface area contributed by atoms with E-state index in [1.165, 1.54) is 12.1 Å². The minimum absolute atomic E-state index is 0.136. The van der Waals surface area contributed by atoms with Crippen LogP contribution in [0.15, 0.2) is 47.4 Å². The molecule has 7 nitrogen and oxygen atoms in total. The first-order chi connectivity index (χ1) is 13.5. The zero-order valence-corrected chi connectivity index (χ0v) is 16.6. The third-order valence-corrected chi connectivity index (χ3v) is 5.79. The monoisotopic (exact) mass is 404 g/mol. The second kappa shape index (κ2) is 9.07. The molecule has 0 spiro atoms. The SMILES string of the molecule is CCCCNS(=O)(=O)c1cccc(NC(=O)CCc2ccc3c(c2)OCO3)c1. The number of carbonyl (C=O) groups is 1. The van der Waals surface area contributed by atoms with Crippen LogP contribution in [0.1, 0.15) is 31.7 Å². The number of rotatable bonds is 9. The number of hydrogen-bond donors (Lipinski definition) is 2. The fourth-order valence-electron chi connectivity index (χ4n) is 2.79. The van der Waals surface area contributed by atoms with Crippen molar-refractivity contribution in [2.75, 3.05) is 18.7 Å². The Morgan fingerprint density at radius 3 is 2.75 bits per heavy atom. The summed E-state index contributed by atoms with van der Waals surface area (Å²) < 4.78 is 37.8. The van der Waals surface area contributed by atoms with E-state index in [-0.39, 0.29) is 24.0 Å². The predicted molar refractivity (Wildman–Crippen MR) is 106 cm³/mol. The molecule has 2 aromatic carbocycles. The minimum Gasteiger partial charge on any atom is -0.454 e. The van der Waals surface area contributed by atoms with Crippen molar-refractivity contribution in [3.8, 4) is 11.5 Å². The van der Waals surface area contributed by atoms with Gasteiger partial charge in [-0.05, 0) is 48.7 Å². The number of amides is 1. The lowest BCUT2D eigenvalue weighted by molar-refractivity contribution is -0.116. The van der Waals surface area contributed by atoms with Crippen LogP contribution < -0.4 is 19.5 Å². The minimum atomic E-state index is -3.58. The first-order valence-corrected chi connectivity index (χ1v) is 10.7. The first-order valence-electron chi connectivity index (χ1n) is 9.26. The Balaban J connectivity index is 1.57. The zero-order valence-electron chi connectivity index (χ0n) is 15.7. The topological polar surface area (TPSA) is 93.7 Å². The molecule has 1 amide bonds. The molecule has 0 saturated carbocycles. The molecule has 1 aliphatic rings. The molecule has 0 atom stereocenters. The van der Waals surface area contributed by atoms with Gasteiger partial charge in [0.2, 0.25) is 22.7 Å². The zero-order chi connectivity index (χ0) is 20.0. The number of anilines is 1. The van der Waals surface area contributed by atoms with Crippen molar-refractivity contribution in [1.29, 1.82) is 0 Å². The van der Waals surface area contributed by atoms with E-state index in [2.05, 4.69) is 10.0 Å². The maximum absolute atomic E-state index is 12.3. The highest BCUT2D eigenvalue weighted by Gasteiger charge is 2.15. The van der Waals surface area contributed by atoms with Gasteiger partial charge in [-0.2, -0.15) is 0 Å². The summed E-state index contributed by atoms with van der Waals surface area (Å²) in [6, 6.07) is 11.9. The molecule has 1 heterocycles. The van der Waals surface area contributed by atoms with Crippen molar-refractivity contribution in [2.24, 2.45) is 0 Å². The van der Waals surface area contributed by atoms with Gasteiger partial charge in [0.1, 0.15) is 0 Å². The van der Waals surface area contributed by atoms with E-state index >= 15 is 0 Å². The lowest BCUT2D eigenvalue weighted by Gasteiger charge is -2.09. The second-order valence-electron chi connectivity index (χ2n) is 6.51. The fraction of sp³-hybridized carbons (Fsp3) is 0.350. The van der Waals surface area contributed by atoms with Gasteiger partial charge in [-0.15, -0.1) is 0 Å². The number of benzene rings is 2. The summed E-state index contributed by atoms with van der Waals surface area (Å²) in [6.07, 6.45) is 2.49. The van der Waals surface area contributed by atoms with Gasteiger partial charge >= 0.3 is 0 Å². The van der Waals surface area contributed by atoms with E-state index in [9.17, 15) is 13.2 Å². The Bertz CT molecular complexity index is 943. The van der Waals surface area contributed by atoms with Gasteiger partial charge in [-0.1, -0.05) is 25.5 Å². The molecule has 3 rings (SSSR count). The molecule has 8 heteroatoms. The summed E-state index contributed by atoms with van der Waals surface area (Å²) in [6.45, 7) is 2.60. The van der Waals surface area contributed by atoms with Crippen LogP contribution in [-0.2, 0) is 21.2 Å². The molecule has 0 unspecified atom stereocenters. The average Bonchev–Trinajstić information content (AvgIpc) is 3.14. The first kappa shape index (κ1) is 20.2. The lowest BCUT2D eigenvalue weighted by atomic mass is 10.1. The Hall–Kier alpha value is -2.58. The van der Waals surface area contributed by atoms with E-state index in [0.29, 0.717) is 30.2 Å². The number of sulfonamides is 1. The van der Waals surface area contributed by atoms with Gasteiger partial charge in [0.15, 0.2) is 11.5 Å². The molecule has 0 radical (unpaired) electrons. The van der Waals surface area contributed by atoms with Crippen LogP contribution in [0.25, 0.3) is 0 Å². The summed E-state index contributed by atoms with van der Waals surface area (Å²) in [5.41, 5.74) is 1.42. The highest BCUT2D eigenvalue weighted by atomic mass is 32.2. The van der Waals surface area contributed by atoms with E-state index in [1.54, 1.807) is 12.1 Å². The van der Waals surface area contributed by atoms with Gasteiger partial charge < -0.3 is 14.8 Å². The van der Waals surface area contributed by atoms with Crippen LogP contribution >= 0.6 is 0 Å². The number of unbranched alkanes of at least 4 members (excludes halogenated alkanes) is 1. The highest BCUT2D eigenvalue weighted by molar-refractivity contribution is 7.89. The maximum Gasteiger partial charge on any atom is 0.240 e. The van der Waals surface area contributed by atoms with Crippen LogP contribution in [0.4, 0.5) is 5.69 Å². The smallest absolute Gasteiger partial charge is 0.240 e. The van der Waals surface area contributed by atoms with Crippen molar-refractivity contribution in [2.45, 2.75) is 37.5 Å². The maximum atomic E-state index is 12.3. The molecule has 0 bridgehead atoms. The van der Waals surface area contributed by atoms with E-state index in [4.69, 9.17) is 9.47 Å². The number of hydrogen-bond acceptors (Lipinski definition) is 5. The van der Waals surface area contributed by atoms with Crippen molar-refractivity contribution >= 4 is 21.6 Å². The molecule has 0 fully saturated rings. The van der Waals surface area contributed by atoms with Gasteiger partial charge in [0.25, 0.3) is 0 Å². The Morgan fingerprint density at radius 1 is 1.11 bits per heavy atom. The van der Waals surface area contributed by atoms with Crippen LogP contribution in [0.3, 0.4) is 0 Å². The van der Waals surface area contributed by atoms with Gasteiger partial charge in [0, 0.05) is 18.7 Å². The Kier molecular flexibility index (Phi) is 6.53. The van der Waals surface area contributed by atoms with Crippen molar-refractivity contribution in [3.63, 3.8) is 0 Å².